The maximum Gasteiger partial charge on any atom is 3.00 e. The minimum Gasteiger partial charge on any atom is -0.604 e. The molecule has 0 amide bonds. The van der Waals surface area contributed by atoms with Gasteiger partial charge >= 0.3 is 44.9 Å². The zero-order chi connectivity index (χ0) is 10.7. The van der Waals surface area contributed by atoms with Gasteiger partial charge in [-0.2, -0.15) is 0 Å². The van der Waals surface area contributed by atoms with Crippen LogP contribution in [0.15, 0.2) is 0 Å². The molecular weight excluding hydrogens is 255 g/mol. The summed E-state index contributed by atoms with van der Waals surface area (Å²) in [7, 11) is -10.1. The van der Waals surface area contributed by atoms with E-state index in [1.165, 1.54) is 0 Å². The molecule has 0 aliphatic carbocycles. The van der Waals surface area contributed by atoms with Crippen LogP contribution in [0.2, 0.25) is 0 Å². The zero-order valence-corrected chi connectivity index (χ0v) is 10.0. The Morgan fingerprint density at radius 2 is 0.692 bits per heavy atom. The van der Waals surface area contributed by atoms with Gasteiger partial charge in [-0.1, -0.05) is 0 Å². The van der Waals surface area contributed by atoms with Crippen LogP contribution >= 0.6 is 0 Å². The monoisotopic (exact) mass is 258 g/mol. The van der Waals surface area contributed by atoms with Gasteiger partial charge in [0.15, 0.2) is 0 Å². The summed E-state index contributed by atoms with van der Waals surface area (Å²) in [4.78, 5) is 47.0. The van der Waals surface area contributed by atoms with Crippen LogP contribution < -0.4 is 14.4 Å². The molecule has 0 saturated carbocycles. The molecular formula is H3AlO9Si3. The first-order valence-electron chi connectivity index (χ1n) is 1.90. The second kappa shape index (κ2) is 17.5. The molecule has 9 nitrogen and oxygen atoms in total. The summed E-state index contributed by atoms with van der Waals surface area (Å²) in [6.45, 7) is 0. The standard InChI is InChI=1S/Al.3HO3Si/c;3*1-4(2)3/h;3*1H/q+3;3*-1. The third kappa shape index (κ3) is 2630. The number of rotatable bonds is 0. The van der Waals surface area contributed by atoms with Gasteiger partial charge in [-0.05, 0) is 0 Å². The molecule has 13 heteroatoms. The molecule has 0 aliphatic heterocycles. The minimum absolute atomic E-state index is 0. The van der Waals surface area contributed by atoms with Crippen LogP contribution in [0.3, 0.4) is 0 Å². The Balaban J connectivity index is -0.0000000450. The zero-order valence-electron chi connectivity index (χ0n) is 5.87. The molecule has 0 aliphatic rings. The van der Waals surface area contributed by atoms with E-state index in [-0.39, 0.29) is 17.4 Å². The largest absolute Gasteiger partial charge is 3.00 e. The van der Waals surface area contributed by atoms with Crippen LogP contribution in [-0.2, 0) is 13.4 Å². The van der Waals surface area contributed by atoms with Gasteiger partial charge in [-0.3, -0.25) is 0 Å². The van der Waals surface area contributed by atoms with Gasteiger partial charge in [0.1, 0.15) is 0 Å². The molecule has 0 radical (unpaired) electrons. The van der Waals surface area contributed by atoms with Gasteiger partial charge < -0.3 is 42.2 Å². The van der Waals surface area contributed by atoms with Crippen molar-refractivity contribution >= 4 is 44.9 Å². The van der Waals surface area contributed by atoms with E-state index in [2.05, 4.69) is 0 Å². The molecule has 0 rings (SSSR count). The normalized spacial score (nSPS) is 5.54. The average Bonchev–Trinajstić information content (AvgIpc) is 1.54. The van der Waals surface area contributed by atoms with Crippen molar-refractivity contribution in [3.8, 4) is 0 Å². The van der Waals surface area contributed by atoms with Crippen LogP contribution in [0.25, 0.3) is 0 Å². The van der Waals surface area contributed by atoms with Gasteiger partial charge in [0, 0.05) is 0 Å². The summed E-state index contributed by atoms with van der Waals surface area (Å²) in [6, 6.07) is 0. The Bertz CT molecular complexity index is 112. The van der Waals surface area contributed by atoms with E-state index in [1.54, 1.807) is 0 Å². The van der Waals surface area contributed by atoms with Crippen LogP contribution in [0, 0.1) is 0 Å². The van der Waals surface area contributed by atoms with Crippen LogP contribution in [-0.4, -0.2) is 59.3 Å². The fourth-order valence-corrected chi connectivity index (χ4v) is 0. The van der Waals surface area contributed by atoms with Gasteiger partial charge in [-0.15, -0.1) is 0 Å². The SMILES string of the molecule is O=[Si]([O-])O.O=[Si]([O-])O.O=[Si]([O-])O.[Al+3]. The third-order valence-electron chi connectivity index (χ3n) is 0. The molecule has 0 aromatic carbocycles. The van der Waals surface area contributed by atoms with Gasteiger partial charge in [0.05, 0.1) is 0 Å². The van der Waals surface area contributed by atoms with Gasteiger partial charge in [0.25, 0.3) is 0 Å². The Hall–Kier alpha value is -0.617. The summed E-state index contributed by atoms with van der Waals surface area (Å²) >= 11 is 0. The molecule has 72 valence electrons. The molecule has 0 aromatic heterocycles. The molecule has 3 N–H and O–H groups in total. The van der Waals surface area contributed by atoms with Crippen molar-refractivity contribution in [1.29, 1.82) is 0 Å². The van der Waals surface area contributed by atoms with Crippen molar-refractivity contribution in [3.63, 3.8) is 0 Å². The van der Waals surface area contributed by atoms with E-state index in [1.807, 2.05) is 0 Å². The molecule has 0 atom stereocenters. The van der Waals surface area contributed by atoms with E-state index < -0.39 is 27.5 Å². The van der Waals surface area contributed by atoms with E-state index >= 15 is 0 Å². The summed E-state index contributed by atoms with van der Waals surface area (Å²) in [6.07, 6.45) is 0. The Kier molecular flexibility index (Phi) is 30.7. The van der Waals surface area contributed by atoms with Crippen LogP contribution in [0.4, 0.5) is 0 Å². The fraction of sp³-hybridized carbons (Fsp3) is 0. The molecule has 13 heavy (non-hydrogen) atoms. The number of hydrogen-bond donors (Lipinski definition) is 3. The first kappa shape index (κ1) is 22.8. The van der Waals surface area contributed by atoms with E-state index in [4.69, 9.17) is 42.2 Å². The van der Waals surface area contributed by atoms with E-state index in [0.29, 0.717) is 0 Å². The molecule has 0 fully saturated rings. The van der Waals surface area contributed by atoms with Gasteiger partial charge in [0.2, 0.25) is 0 Å². The molecule has 0 spiro atoms. The summed E-state index contributed by atoms with van der Waals surface area (Å²) in [5, 5.41) is 0. The summed E-state index contributed by atoms with van der Waals surface area (Å²) in [5.41, 5.74) is 0. The fourth-order valence-electron chi connectivity index (χ4n) is 0. The number of hydrogen-bond acceptors (Lipinski definition) is 6. The molecule has 0 bridgehead atoms. The van der Waals surface area contributed by atoms with Crippen LogP contribution in [0.5, 0.6) is 0 Å². The molecule has 0 aromatic rings. The Morgan fingerprint density at radius 3 is 0.692 bits per heavy atom. The second-order valence-corrected chi connectivity index (χ2v) is 2.39. The predicted molar refractivity (Wildman–Crippen MR) is 31.7 cm³/mol. The molecule has 0 unspecified atom stereocenters. The Morgan fingerprint density at radius 1 is 0.692 bits per heavy atom. The third-order valence-corrected chi connectivity index (χ3v) is 0. The molecule has 0 heterocycles. The minimum atomic E-state index is -3.38. The van der Waals surface area contributed by atoms with Crippen molar-refractivity contribution in [1.82, 2.24) is 0 Å². The smallest absolute Gasteiger partial charge is 0.604 e. The maximum absolute atomic E-state index is 8.63. The quantitative estimate of drug-likeness (QED) is 0.355. The van der Waals surface area contributed by atoms with Crippen molar-refractivity contribution in [2.45, 2.75) is 0 Å². The molecule has 0 saturated heterocycles. The van der Waals surface area contributed by atoms with Crippen LogP contribution in [0.1, 0.15) is 0 Å². The van der Waals surface area contributed by atoms with Crippen molar-refractivity contribution in [2.24, 2.45) is 0 Å². The Labute approximate surface area is 87.4 Å². The van der Waals surface area contributed by atoms with Crippen molar-refractivity contribution in [2.75, 3.05) is 0 Å². The van der Waals surface area contributed by atoms with Gasteiger partial charge in [-0.25, -0.2) is 0 Å². The maximum atomic E-state index is 8.63. The van der Waals surface area contributed by atoms with E-state index in [0.717, 1.165) is 0 Å². The first-order valence-corrected chi connectivity index (χ1v) is 5.69. The average molecular weight is 258 g/mol. The first-order chi connectivity index (χ1) is 5.20. The topological polar surface area (TPSA) is 181 Å². The van der Waals surface area contributed by atoms with E-state index in [9.17, 15) is 0 Å². The predicted octanol–water partition coefficient (Wildman–Crippen LogP) is -7.12. The summed E-state index contributed by atoms with van der Waals surface area (Å²) in [5.74, 6) is 0. The van der Waals surface area contributed by atoms with Crippen molar-refractivity contribution < 1.29 is 42.2 Å². The second-order valence-electron chi connectivity index (χ2n) is 0.798. The summed E-state index contributed by atoms with van der Waals surface area (Å²) < 4.78 is 25.9. The van der Waals surface area contributed by atoms with Crippen molar-refractivity contribution in [3.05, 3.63) is 0 Å².